The van der Waals surface area contributed by atoms with E-state index >= 15 is 0 Å². The van der Waals surface area contributed by atoms with Gasteiger partial charge in [-0.1, -0.05) is 17.7 Å². The predicted molar refractivity (Wildman–Crippen MR) is 75.2 cm³/mol. The molecule has 0 aliphatic heterocycles. The Bertz CT molecular complexity index is 802. The summed E-state index contributed by atoms with van der Waals surface area (Å²) in [4.78, 5) is 0. The smallest absolute Gasteiger partial charge is 0.254 e. The monoisotopic (exact) mass is 302 g/mol. The number of rotatable bonds is 4. The molecule has 2 aromatic carbocycles. The van der Waals surface area contributed by atoms with Gasteiger partial charge in [-0.15, -0.1) is 10.2 Å². The molecule has 0 radical (unpaired) electrons. The molecule has 0 saturated heterocycles. The van der Waals surface area contributed by atoms with Crippen molar-refractivity contribution in [3.8, 4) is 17.2 Å². The Hall–Kier alpha value is -2.76. The lowest BCUT2D eigenvalue weighted by Gasteiger charge is -2.04. The van der Waals surface area contributed by atoms with Crippen molar-refractivity contribution in [2.45, 2.75) is 13.5 Å². The van der Waals surface area contributed by atoms with Gasteiger partial charge in [-0.3, -0.25) is 0 Å². The predicted octanol–water partition coefficient (Wildman–Crippen LogP) is 3.90. The van der Waals surface area contributed by atoms with Crippen molar-refractivity contribution in [1.29, 1.82) is 0 Å². The van der Waals surface area contributed by atoms with E-state index in [2.05, 4.69) is 10.2 Å². The standard InChI is InChI=1S/C16H12F2N2O2/c1-10-3-2-4-11(7-10)16-20-19-15(22-16)9-21-14-6-5-12(17)8-13(14)18/h2-8H,9H2,1H3. The molecule has 1 aromatic heterocycles. The van der Waals surface area contributed by atoms with E-state index in [-0.39, 0.29) is 18.2 Å². The molecule has 6 heteroatoms. The van der Waals surface area contributed by atoms with Gasteiger partial charge in [-0.05, 0) is 31.2 Å². The molecule has 0 aliphatic rings. The quantitative estimate of drug-likeness (QED) is 0.733. The molecule has 1 heterocycles. The van der Waals surface area contributed by atoms with Crippen molar-refractivity contribution in [2.24, 2.45) is 0 Å². The van der Waals surface area contributed by atoms with Crippen LogP contribution in [0.25, 0.3) is 11.5 Å². The van der Waals surface area contributed by atoms with E-state index in [4.69, 9.17) is 9.15 Å². The molecular weight excluding hydrogens is 290 g/mol. The molecule has 0 N–H and O–H groups in total. The van der Waals surface area contributed by atoms with Crippen molar-refractivity contribution in [1.82, 2.24) is 10.2 Å². The fraction of sp³-hybridized carbons (Fsp3) is 0.125. The number of nitrogens with zero attached hydrogens (tertiary/aromatic N) is 2. The topological polar surface area (TPSA) is 48.2 Å². The summed E-state index contributed by atoms with van der Waals surface area (Å²) in [5.41, 5.74) is 1.87. The van der Waals surface area contributed by atoms with Crippen molar-refractivity contribution in [2.75, 3.05) is 0 Å². The molecule has 0 fully saturated rings. The van der Waals surface area contributed by atoms with Gasteiger partial charge in [0.2, 0.25) is 5.89 Å². The lowest BCUT2D eigenvalue weighted by Crippen LogP contribution is -1.98. The van der Waals surface area contributed by atoms with E-state index < -0.39 is 11.6 Å². The van der Waals surface area contributed by atoms with Crippen LogP contribution in [-0.2, 0) is 6.61 Å². The molecule has 0 amide bonds. The lowest BCUT2D eigenvalue weighted by atomic mass is 10.1. The van der Waals surface area contributed by atoms with Gasteiger partial charge in [-0.25, -0.2) is 8.78 Å². The first-order valence-electron chi connectivity index (χ1n) is 6.59. The van der Waals surface area contributed by atoms with E-state index in [0.29, 0.717) is 5.89 Å². The highest BCUT2D eigenvalue weighted by Gasteiger charge is 2.11. The summed E-state index contributed by atoms with van der Waals surface area (Å²) >= 11 is 0. The second kappa shape index (κ2) is 5.93. The van der Waals surface area contributed by atoms with Gasteiger partial charge >= 0.3 is 0 Å². The first-order valence-corrected chi connectivity index (χ1v) is 6.59. The van der Waals surface area contributed by atoms with E-state index in [0.717, 1.165) is 23.3 Å². The molecule has 4 nitrogen and oxygen atoms in total. The van der Waals surface area contributed by atoms with Gasteiger partial charge in [0.05, 0.1) is 0 Å². The number of hydrogen-bond donors (Lipinski definition) is 0. The Labute approximate surface area is 125 Å². The van der Waals surface area contributed by atoms with Crippen molar-refractivity contribution >= 4 is 0 Å². The summed E-state index contributed by atoms with van der Waals surface area (Å²) in [5.74, 6) is -0.943. The Morgan fingerprint density at radius 2 is 1.95 bits per heavy atom. The third-order valence-corrected chi connectivity index (χ3v) is 2.98. The molecule has 112 valence electrons. The highest BCUT2D eigenvalue weighted by atomic mass is 19.1. The van der Waals surface area contributed by atoms with Crippen molar-refractivity contribution in [3.05, 3.63) is 65.6 Å². The molecule has 0 atom stereocenters. The minimum Gasteiger partial charge on any atom is -0.481 e. The molecule has 0 aliphatic carbocycles. The lowest BCUT2D eigenvalue weighted by molar-refractivity contribution is 0.252. The molecule has 0 unspecified atom stereocenters. The first-order chi connectivity index (χ1) is 10.6. The van der Waals surface area contributed by atoms with Crippen LogP contribution < -0.4 is 4.74 Å². The summed E-state index contributed by atoms with van der Waals surface area (Å²) in [5, 5.41) is 7.77. The molecule has 3 rings (SSSR count). The minimum atomic E-state index is -0.779. The normalized spacial score (nSPS) is 10.7. The Morgan fingerprint density at radius 3 is 2.73 bits per heavy atom. The maximum Gasteiger partial charge on any atom is 0.254 e. The highest BCUT2D eigenvalue weighted by molar-refractivity contribution is 5.53. The van der Waals surface area contributed by atoms with Gasteiger partial charge < -0.3 is 9.15 Å². The van der Waals surface area contributed by atoms with Gasteiger partial charge in [0.15, 0.2) is 18.2 Å². The molecule has 22 heavy (non-hydrogen) atoms. The zero-order chi connectivity index (χ0) is 15.5. The van der Waals surface area contributed by atoms with Crippen LogP contribution in [0.1, 0.15) is 11.5 Å². The van der Waals surface area contributed by atoms with Crippen LogP contribution in [0.5, 0.6) is 5.75 Å². The maximum absolute atomic E-state index is 13.4. The summed E-state index contributed by atoms with van der Waals surface area (Å²) in [6, 6.07) is 10.7. The van der Waals surface area contributed by atoms with Crippen molar-refractivity contribution < 1.29 is 17.9 Å². The number of aromatic nitrogens is 2. The van der Waals surface area contributed by atoms with Crippen LogP contribution in [0.4, 0.5) is 8.78 Å². The SMILES string of the molecule is Cc1cccc(-c2nnc(COc3ccc(F)cc3F)o2)c1. The molecular formula is C16H12F2N2O2. The van der Waals surface area contributed by atoms with Gasteiger partial charge in [0, 0.05) is 11.6 Å². The van der Waals surface area contributed by atoms with Gasteiger partial charge in [0.1, 0.15) is 5.82 Å². The van der Waals surface area contributed by atoms with Crippen LogP contribution in [0.2, 0.25) is 0 Å². The number of ether oxygens (including phenoxy) is 1. The van der Waals surface area contributed by atoms with Crippen LogP contribution in [-0.4, -0.2) is 10.2 Å². The Morgan fingerprint density at radius 1 is 1.09 bits per heavy atom. The van der Waals surface area contributed by atoms with E-state index in [9.17, 15) is 8.78 Å². The second-order valence-corrected chi connectivity index (χ2v) is 4.73. The summed E-state index contributed by atoms with van der Waals surface area (Å²) in [6.45, 7) is 1.86. The Kier molecular flexibility index (Phi) is 3.82. The van der Waals surface area contributed by atoms with Gasteiger partial charge in [-0.2, -0.15) is 0 Å². The Balaban J connectivity index is 1.72. The van der Waals surface area contributed by atoms with Crippen LogP contribution >= 0.6 is 0 Å². The number of benzene rings is 2. The third-order valence-electron chi connectivity index (χ3n) is 2.98. The van der Waals surface area contributed by atoms with E-state index in [1.165, 1.54) is 6.07 Å². The number of hydrogen-bond acceptors (Lipinski definition) is 4. The summed E-state index contributed by atoms with van der Waals surface area (Å²) < 4.78 is 36.9. The fourth-order valence-corrected chi connectivity index (χ4v) is 1.94. The molecule has 0 spiro atoms. The third kappa shape index (κ3) is 3.11. The highest BCUT2D eigenvalue weighted by Crippen LogP contribution is 2.21. The van der Waals surface area contributed by atoms with Crippen molar-refractivity contribution in [3.63, 3.8) is 0 Å². The van der Waals surface area contributed by atoms with E-state index in [1.807, 2.05) is 31.2 Å². The summed E-state index contributed by atoms with van der Waals surface area (Å²) in [6.07, 6.45) is 0. The first kappa shape index (κ1) is 14.2. The second-order valence-electron chi connectivity index (χ2n) is 4.73. The average molecular weight is 302 g/mol. The number of aryl methyl sites for hydroxylation is 1. The largest absolute Gasteiger partial charge is 0.481 e. The molecule has 0 saturated carbocycles. The van der Waals surface area contributed by atoms with Gasteiger partial charge in [0.25, 0.3) is 5.89 Å². The fourth-order valence-electron chi connectivity index (χ4n) is 1.94. The average Bonchev–Trinajstić information content (AvgIpc) is 2.95. The van der Waals surface area contributed by atoms with Crippen LogP contribution in [0.3, 0.4) is 0 Å². The number of halogens is 2. The van der Waals surface area contributed by atoms with Crippen LogP contribution in [0.15, 0.2) is 46.9 Å². The zero-order valence-electron chi connectivity index (χ0n) is 11.7. The maximum atomic E-state index is 13.4. The zero-order valence-corrected chi connectivity index (χ0v) is 11.7. The van der Waals surface area contributed by atoms with Crippen LogP contribution in [0, 0.1) is 18.6 Å². The van der Waals surface area contributed by atoms with E-state index in [1.54, 1.807) is 0 Å². The minimum absolute atomic E-state index is 0.0725. The molecule has 0 bridgehead atoms. The molecule has 3 aromatic rings. The summed E-state index contributed by atoms with van der Waals surface area (Å²) in [7, 11) is 0.